The van der Waals surface area contributed by atoms with Crippen molar-refractivity contribution < 1.29 is 9.90 Å². The predicted octanol–water partition coefficient (Wildman–Crippen LogP) is 12.0. The molecule has 8 aromatic carbocycles. The lowest BCUT2D eigenvalue weighted by atomic mass is 9.85. The fraction of sp³-hybridized carbons (Fsp3) is 0. The Bertz CT molecular complexity index is 2680. The smallest absolute Gasteiger partial charge is 0.135 e. The number of fused-ring (bicyclic) bond motifs is 6. The van der Waals surface area contributed by atoms with Crippen LogP contribution in [-0.4, -0.2) is 0 Å². The molecule has 9 aromatic rings. The molecule has 1 nitrogen and oxygen atoms in total. The lowest BCUT2D eigenvalue weighted by Gasteiger charge is -2.18. The zero-order chi connectivity index (χ0) is 31.8. The standard InChI is InChI=1S/C42H26O/c1-2-11-28-24-32(21-20-27(28)10-1)42-36-17-5-3-15-34(36)41(35-16-4-6-18-37(35)42)31-13-9-12-29(25-31)30-22-23-40-38(26-30)33-14-7-8-19-39(33)43-40/h1-26H/i9D,12D,13D,25D. The fourth-order valence-corrected chi connectivity index (χ4v) is 6.55. The van der Waals surface area contributed by atoms with Gasteiger partial charge in [0.25, 0.3) is 0 Å². The Morgan fingerprint density at radius 2 is 0.953 bits per heavy atom. The molecule has 0 fully saturated rings. The van der Waals surface area contributed by atoms with E-state index in [9.17, 15) is 2.74 Å². The monoisotopic (exact) mass is 550 g/mol. The van der Waals surface area contributed by atoms with Crippen molar-refractivity contribution in [2.24, 2.45) is 0 Å². The molecule has 0 N–H and O–H groups in total. The minimum atomic E-state index is -0.199. The molecule has 0 aliphatic heterocycles. The van der Waals surface area contributed by atoms with E-state index in [0.29, 0.717) is 16.7 Å². The van der Waals surface area contributed by atoms with E-state index in [1.807, 2.05) is 84.9 Å². The van der Waals surface area contributed by atoms with Gasteiger partial charge in [-0.25, -0.2) is 0 Å². The molecule has 9 rings (SSSR count). The predicted molar refractivity (Wildman–Crippen MR) is 183 cm³/mol. The largest absolute Gasteiger partial charge is 0.456 e. The number of rotatable bonds is 3. The molecule has 0 bridgehead atoms. The molecule has 1 aromatic heterocycles. The highest BCUT2D eigenvalue weighted by Crippen LogP contribution is 2.44. The minimum absolute atomic E-state index is 0.0666. The maximum atomic E-state index is 9.65. The van der Waals surface area contributed by atoms with Gasteiger partial charge < -0.3 is 4.42 Å². The zero-order valence-corrected chi connectivity index (χ0v) is 23.1. The van der Waals surface area contributed by atoms with Gasteiger partial charge in [-0.15, -0.1) is 0 Å². The van der Waals surface area contributed by atoms with Crippen molar-refractivity contribution in [3.63, 3.8) is 0 Å². The Labute approximate surface area is 254 Å². The summed E-state index contributed by atoms with van der Waals surface area (Å²) in [5.74, 6) is 0. The average molecular weight is 551 g/mol. The third-order valence-electron chi connectivity index (χ3n) is 8.51. The van der Waals surface area contributed by atoms with Gasteiger partial charge in [-0.2, -0.15) is 0 Å². The van der Waals surface area contributed by atoms with E-state index in [1.54, 1.807) is 0 Å². The summed E-state index contributed by atoms with van der Waals surface area (Å²) in [5, 5.41) is 7.97. The third kappa shape index (κ3) is 3.79. The SMILES string of the molecule is [2H]c1c([2H])c(-c2ccc3oc4ccccc4c3c2)c([2H])c(-c2c3ccccc3c(-c3ccc4ccccc4c3)c3ccccc23)c1[2H]. The summed E-state index contributed by atoms with van der Waals surface area (Å²) in [4.78, 5) is 0. The number of furan rings is 1. The second-order valence-corrected chi connectivity index (χ2v) is 11.0. The van der Waals surface area contributed by atoms with Crippen LogP contribution in [0.5, 0.6) is 0 Å². The highest BCUT2D eigenvalue weighted by molar-refractivity contribution is 6.22. The van der Waals surface area contributed by atoms with Gasteiger partial charge in [0.15, 0.2) is 0 Å². The maximum absolute atomic E-state index is 9.65. The van der Waals surface area contributed by atoms with Gasteiger partial charge in [-0.05, 0) is 96.0 Å². The first-order chi connectivity index (χ1) is 23.0. The summed E-state index contributed by atoms with van der Waals surface area (Å²) < 4.78 is 42.9. The van der Waals surface area contributed by atoms with Crippen LogP contribution < -0.4 is 0 Å². The van der Waals surface area contributed by atoms with Gasteiger partial charge in [0.2, 0.25) is 0 Å². The van der Waals surface area contributed by atoms with Crippen LogP contribution in [0.25, 0.3) is 87.6 Å². The van der Waals surface area contributed by atoms with Crippen molar-refractivity contribution in [3.8, 4) is 33.4 Å². The molecular weight excluding hydrogens is 520 g/mol. The molecule has 43 heavy (non-hydrogen) atoms. The first-order valence-corrected chi connectivity index (χ1v) is 14.4. The van der Waals surface area contributed by atoms with Crippen molar-refractivity contribution >= 4 is 54.3 Å². The summed E-state index contributed by atoms with van der Waals surface area (Å²) in [5.41, 5.74) is 5.74. The van der Waals surface area contributed by atoms with Gasteiger partial charge in [0.1, 0.15) is 11.2 Å². The normalized spacial score (nSPS) is 13.0. The van der Waals surface area contributed by atoms with Crippen LogP contribution in [0, 0.1) is 0 Å². The van der Waals surface area contributed by atoms with E-state index in [2.05, 4.69) is 48.5 Å². The molecule has 0 aliphatic rings. The molecule has 0 atom stereocenters. The van der Waals surface area contributed by atoms with Gasteiger partial charge in [0.05, 0.1) is 5.48 Å². The quantitative estimate of drug-likeness (QED) is 0.199. The van der Waals surface area contributed by atoms with E-state index in [1.165, 1.54) is 5.39 Å². The van der Waals surface area contributed by atoms with Gasteiger partial charge in [-0.1, -0.05) is 127 Å². The third-order valence-corrected chi connectivity index (χ3v) is 8.51. The van der Waals surface area contributed by atoms with E-state index in [-0.39, 0.29) is 24.2 Å². The summed E-state index contributed by atoms with van der Waals surface area (Å²) in [7, 11) is 0. The lowest BCUT2D eigenvalue weighted by Crippen LogP contribution is -1.91. The summed E-state index contributed by atoms with van der Waals surface area (Å²) in [6.45, 7) is 0. The van der Waals surface area contributed by atoms with Crippen molar-refractivity contribution in [1.82, 2.24) is 0 Å². The molecule has 0 amide bonds. The van der Waals surface area contributed by atoms with Crippen LogP contribution in [0.15, 0.2) is 162 Å². The molecule has 0 unspecified atom stereocenters. The van der Waals surface area contributed by atoms with Crippen molar-refractivity contribution in [2.45, 2.75) is 0 Å². The van der Waals surface area contributed by atoms with Crippen molar-refractivity contribution in [2.75, 3.05) is 0 Å². The summed E-state index contributed by atoms with van der Waals surface area (Å²) >= 11 is 0. The van der Waals surface area contributed by atoms with Crippen LogP contribution >= 0.6 is 0 Å². The molecule has 0 radical (unpaired) electrons. The Morgan fingerprint density at radius 1 is 0.395 bits per heavy atom. The van der Waals surface area contributed by atoms with Crippen LogP contribution in [0.4, 0.5) is 0 Å². The first kappa shape index (κ1) is 20.3. The number of benzene rings is 8. The maximum Gasteiger partial charge on any atom is 0.135 e. The van der Waals surface area contributed by atoms with Crippen LogP contribution in [0.2, 0.25) is 0 Å². The molecule has 200 valence electrons. The second-order valence-electron chi connectivity index (χ2n) is 11.0. The minimum Gasteiger partial charge on any atom is -0.456 e. The topological polar surface area (TPSA) is 13.1 Å². The van der Waals surface area contributed by atoms with Crippen LogP contribution in [0.1, 0.15) is 5.48 Å². The second kappa shape index (κ2) is 9.44. The lowest BCUT2D eigenvalue weighted by molar-refractivity contribution is 0.669. The molecular formula is C42H26O. The molecule has 0 saturated carbocycles. The molecule has 0 saturated heterocycles. The van der Waals surface area contributed by atoms with E-state index >= 15 is 0 Å². The van der Waals surface area contributed by atoms with Crippen molar-refractivity contribution in [3.05, 3.63) is 158 Å². The Morgan fingerprint density at radius 3 is 1.70 bits per heavy atom. The highest BCUT2D eigenvalue weighted by Gasteiger charge is 2.17. The molecule has 0 aliphatic carbocycles. The highest BCUT2D eigenvalue weighted by atomic mass is 16.3. The summed E-state index contributed by atoms with van der Waals surface area (Å²) in [6.07, 6.45) is 0. The first-order valence-electron chi connectivity index (χ1n) is 16.4. The van der Waals surface area contributed by atoms with Gasteiger partial charge in [0, 0.05) is 10.8 Å². The molecule has 0 spiro atoms. The Hall–Kier alpha value is -5.66. The van der Waals surface area contributed by atoms with E-state index in [4.69, 9.17) is 7.16 Å². The average Bonchev–Trinajstić information content (AvgIpc) is 3.48. The van der Waals surface area contributed by atoms with E-state index < -0.39 is 0 Å². The van der Waals surface area contributed by atoms with Crippen LogP contribution in [-0.2, 0) is 0 Å². The van der Waals surface area contributed by atoms with Crippen molar-refractivity contribution in [1.29, 1.82) is 0 Å². The Balaban J connectivity index is 1.37. The Kier molecular flexibility index (Phi) is 4.45. The fourth-order valence-electron chi connectivity index (χ4n) is 6.55. The zero-order valence-electron chi connectivity index (χ0n) is 27.1. The number of para-hydroxylation sites is 1. The summed E-state index contributed by atoms with van der Waals surface area (Å²) in [6, 6.07) is 44.3. The van der Waals surface area contributed by atoms with Gasteiger partial charge in [-0.3, -0.25) is 0 Å². The number of hydrogen-bond acceptors (Lipinski definition) is 1. The van der Waals surface area contributed by atoms with E-state index in [0.717, 1.165) is 65.6 Å². The molecule has 1 heterocycles. The number of hydrogen-bond donors (Lipinski definition) is 0. The van der Waals surface area contributed by atoms with Crippen LogP contribution in [0.3, 0.4) is 0 Å². The van der Waals surface area contributed by atoms with Gasteiger partial charge >= 0.3 is 0 Å². The molecule has 1 heteroatoms.